The van der Waals surface area contributed by atoms with Gasteiger partial charge in [0.2, 0.25) is 0 Å². The summed E-state index contributed by atoms with van der Waals surface area (Å²) in [6, 6.07) is 3.80. The third kappa shape index (κ3) is 3.09. The first kappa shape index (κ1) is 15.5. The number of aromatic carboxylic acids is 1. The van der Waals surface area contributed by atoms with E-state index < -0.39 is 5.97 Å². The van der Waals surface area contributed by atoms with Gasteiger partial charge in [-0.3, -0.25) is 0 Å². The number of aliphatic hydroxyl groups is 1. The number of aryl methyl sites for hydroxylation is 2. The van der Waals surface area contributed by atoms with E-state index >= 15 is 0 Å². The van der Waals surface area contributed by atoms with Gasteiger partial charge in [-0.2, -0.15) is 0 Å². The monoisotopic (exact) mass is 290 g/mol. The Labute approximate surface area is 124 Å². The molecular weight excluding hydrogens is 268 g/mol. The minimum atomic E-state index is -0.919. The van der Waals surface area contributed by atoms with Crippen molar-refractivity contribution in [2.24, 2.45) is 5.73 Å². The Hall–Kier alpha value is -1.85. The number of hydrogen-bond donors (Lipinski definition) is 3. The molecule has 21 heavy (non-hydrogen) atoms. The van der Waals surface area contributed by atoms with E-state index in [1.807, 2.05) is 17.7 Å². The maximum Gasteiger partial charge on any atom is 0.337 e. The fraction of sp³-hybridized carbons (Fsp3) is 0.438. The van der Waals surface area contributed by atoms with Crippen molar-refractivity contribution in [3.8, 4) is 0 Å². The standard InChI is InChI=1S/C16H22N2O3/c1-2-11-8-13-12(4-5-17)10-18(6-3-7-19)15(13)14(9-11)16(20)21/h8-10,19H,2-7,17H2,1H3,(H,20,21). The molecule has 0 aliphatic heterocycles. The molecule has 0 spiro atoms. The van der Waals surface area contributed by atoms with E-state index in [9.17, 15) is 9.90 Å². The Kier molecular flexibility index (Phi) is 4.98. The van der Waals surface area contributed by atoms with Crippen LogP contribution in [0.3, 0.4) is 0 Å². The van der Waals surface area contributed by atoms with Gasteiger partial charge in [-0.05, 0) is 49.1 Å². The molecule has 2 aromatic rings. The predicted molar refractivity (Wildman–Crippen MR) is 82.7 cm³/mol. The highest BCUT2D eigenvalue weighted by Gasteiger charge is 2.17. The quantitative estimate of drug-likeness (QED) is 0.725. The number of carbonyl (C=O) groups is 1. The lowest BCUT2D eigenvalue weighted by molar-refractivity contribution is 0.0698. The second kappa shape index (κ2) is 6.74. The molecule has 2 rings (SSSR count). The zero-order valence-corrected chi connectivity index (χ0v) is 12.3. The molecule has 0 bridgehead atoms. The van der Waals surface area contributed by atoms with E-state index in [2.05, 4.69) is 6.07 Å². The van der Waals surface area contributed by atoms with E-state index in [0.717, 1.165) is 34.9 Å². The second-order valence-corrected chi connectivity index (χ2v) is 5.16. The highest BCUT2D eigenvalue weighted by Crippen LogP contribution is 2.28. The van der Waals surface area contributed by atoms with Crippen LogP contribution in [0.2, 0.25) is 0 Å². The predicted octanol–water partition coefficient (Wildman–Crippen LogP) is 1.79. The first-order valence-electron chi connectivity index (χ1n) is 7.31. The largest absolute Gasteiger partial charge is 0.478 e. The average molecular weight is 290 g/mol. The fourth-order valence-electron chi connectivity index (χ4n) is 2.71. The van der Waals surface area contributed by atoms with Crippen molar-refractivity contribution in [2.75, 3.05) is 13.2 Å². The summed E-state index contributed by atoms with van der Waals surface area (Å²) < 4.78 is 1.93. The fourth-order valence-corrected chi connectivity index (χ4v) is 2.71. The minimum Gasteiger partial charge on any atom is -0.478 e. The van der Waals surface area contributed by atoms with Gasteiger partial charge in [0.05, 0.1) is 11.1 Å². The lowest BCUT2D eigenvalue weighted by Gasteiger charge is -2.08. The third-order valence-corrected chi connectivity index (χ3v) is 3.72. The molecule has 4 N–H and O–H groups in total. The number of benzene rings is 1. The van der Waals surface area contributed by atoms with Gasteiger partial charge in [0.1, 0.15) is 0 Å². The molecule has 1 aromatic carbocycles. The molecule has 1 aromatic heterocycles. The van der Waals surface area contributed by atoms with Crippen molar-refractivity contribution in [2.45, 2.75) is 32.7 Å². The van der Waals surface area contributed by atoms with Crippen LogP contribution in [0.4, 0.5) is 0 Å². The maximum absolute atomic E-state index is 11.6. The summed E-state index contributed by atoms with van der Waals surface area (Å²) in [6.07, 6.45) is 4.08. The first-order chi connectivity index (χ1) is 10.1. The molecule has 0 fully saturated rings. The summed E-state index contributed by atoms with van der Waals surface area (Å²) in [5, 5.41) is 19.5. The van der Waals surface area contributed by atoms with Crippen molar-refractivity contribution in [1.29, 1.82) is 0 Å². The Morgan fingerprint density at radius 3 is 2.71 bits per heavy atom. The first-order valence-corrected chi connectivity index (χ1v) is 7.31. The van der Waals surface area contributed by atoms with Gasteiger partial charge in [0.25, 0.3) is 0 Å². The summed E-state index contributed by atoms with van der Waals surface area (Å²) in [7, 11) is 0. The molecule has 0 amide bonds. The van der Waals surface area contributed by atoms with Gasteiger partial charge in [0.15, 0.2) is 0 Å². The number of carboxylic acid groups (broad SMARTS) is 1. The van der Waals surface area contributed by atoms with Crippen LogP contribution in [0.25, 0.3) is 10.9 Å². The number of rotatable bonds is 7. The minimum absolute atomic E-state index is 0.0847. The number of nitrogens with zero attached hydrogens (tertiary/aromatic N) is 1. The van der Waals surface area contributed by atoms with Crippen LogP contribution >= 0.6 is 0 Å². The van der Waals surface area contributed by atoms with E-state index in [0.29, 0.717) is 25.1 Å². The molecule has 0 saturated heterocycles. The Morgan fingerprint density at radius 1 is 1.38 bits per heavy atom. The smallest absolute Gasteiger partial charge is 0.337 e. The number of hydrogen-bond acceptors (Lipinski definition) is 3. The van der Waals surface area contributed by atoms with E-state index in [-0.39, 0.29) is 6.61 Å². The summed E-state index contributed by atoms with van der Waals surface area (Å²) in [5.74, 6) is -0.919. The van der Waals surface area contributed by atoms with Gasteiger partial charge in [0, 0.05) is 24.7 Å². The molecule has 114 valence electrons. The van der Waals surface area contributed by atoms with Crippen molar-refractivity contribution in [3.05, 3.63) is 35.0 Å². The van der Waals surface area contributed by atoms with E-state index in [4.69, 9.17) is 10.8 Å². The number of carboxylic acids is 1. The zero-order chi connectivity index (χ0) is 15.4. The molecule has 0 unspecified atom stereocenters. The average Bonchev–Trinajstić information content (AvgIpc) is 2.82. The van der Waals surface area contributed by atoms with Gasteiger partial charge < -0.3 is 20.5 Å². The number of fused-ring (bicyclic) bond motifs is 1. The highest BCUT2D eigenvalue weighted by molar-refractivity contribution is 6.04. The molecule has 0 atom stereocenters. The van der Waals surface area contributed by atoms with Crippen molar-refractivity contribution in [1.82, 2.24) is 4.57 Å². The van der Waals surface area contributed by atoms with Gasteiger partial charge in [-0.1, -0.05) is 6.92 Å². The topological polar surface area (TPSA) is 88.5 Å². The van der Waals surface area contributed by atoms with Crippen LogP contribution in [-0.4, -0.2) is 33.9 Å². The number of aromatic nitrogens is 1. The number of nitrogens with two attached hydrogens (primary N) is 1. The van der Waals surface area contributed by atoms with Crippen LogP contribution in [-0.2, 0) is 19.4 Å². The van der Waals surface area contributed by atoms with Gasteiger partial charge in [-0.15, -0.1) is 0 Å². The lowest BCUT2D eigenvalue weighted by atomic mass is 10.0. The van der Waals surface area contributed by atoms with E-state index in [1.165, 1.54) is 0 Å². The van der Waals surface area contributed by atoms with Crippen molar-refractivity contribution < 1.29 is 15.0 Å². The van der Waals surface area contributed by atoms with Crippen molar-refractivity contribution in [3.63, 3.8) is 0 Å². The summed E-state index contributed by atoms with van der Waals surface area (Å²) in [5.41, 5.74) is 8.81. The molecule has 1 heterocycles. The van der Waals surface area contributed by atoms with Crippen LogP contribution < -0.4 is 5.73 Å². The molecule has 0 aliphatic rings. The van der Waals surface area contributed by atoms with Crippen LogP contribution in [0.5, 0.6) is 0 Å². The highest BCUT2D eigenvalue weighted by atomic mass is 16.4. The second-order valence-electron chi connectivity index (χ2n) is 5.16. The molecular formula is C16H22N2O3. The molecule has 5 heteroatoms. The van der Waals surface area contributed by atoms with E-state index in [1.54, 1.807) is 6.07 Å². The SMILES string of the molecule is CCc1cc(C(=O)O)c2c(c1)c(CCN)cn2CCCO. The normalized spacial score (nSPS) is 11.2. The zero-order valence-electron chi connectivity index (χ0n) is 12.3. The summed E-state index contributed by atoms with van der Waals surface area (Å²) in [4.78, 5) is 11.6. The lowest BCUT2D eigenvalue weighted by Crippen LogP contribution is -2.05. The maximum atomic E-state index is 11.6. The Bertz CT molecular complexity index is 646. The Morgan fingerprint density at radius 2 is 2.14 bits per heavy atom. The molecule has 0 radical (unpaired) electrons. The summed E-state index contributed by atoms with van der Waals surface area (Å²) in [6.45, 7) is 3.22. The van der Waals surface area contributed by atoms with Gasteiger partial charge in [-0.25, -0.2) is 4.79 Å². The number of aliphatic hydroxyl groups excluding tert-OH is 1. The molecule has 0 saturated carbocycles. The van der Waals surface area contributed by atoms with Crippen LogP contribution in [0.15, 0.2) is 18.3 Å². The van der Waals surface area contributed by atoms with Crippen LogP contribution in [0, 0.1) is 0 Å². The molecule has 5 nitrogen and oxygen atoms in total. The van der Waals surface area contributed by atoms with Gasteiger partial charge >= 0.3 is 5.97 Å². The van der Waals surface area contributed by atoms with Crippen molar-refractivity contribution >= 4 is 16.9 Å². The third-order valence-electron chi connectivity index (χ3n) is 3.72. The molecule has 0 aliphatic carbocycles. The summed E-state index contributed by atoms with van der Waals surface area (Å²) >= 11 is 0. The Balaban J connectivity index is 2.69. The van der Waals surface area contributed by atoms with Crippen LogP contribution in [0.1, 0.15) is 34.8 Å².